The minimum atomic E-state index is -0.452. The first-order chi connectivity index (χ1) is 8.08. The normalized spacial score (nSPS) is 10.5. The highest BCUT2D eigenvalue weighted by atomic mass is 35.5. The summed E-state index contributed by atoms with van der Waals surface area (Å²) in [6.07, 6.45) is 1.70. The van der Waals surface area contributed by atoms with E-state index in [0.29, 0.717) is 12.1 Å². The molecule has 4 heteroatoms. The molecule has 2 rings (SSSR count). The molecule has 0 unspecified atom stereocenters. The van der Waals surface area contributed by atoms with E-state index in [0.717, 1.165) is 5.56 Å². The van der Waals surface area contributed by atoms with Crippen LogP contribution in [0.5, 0.6) is 0 Å². The maximum atomic E-state index is 13.0. The number of benzene rings is 1. The van der Waals surface area contributed by atoms with Crippen molar-refractivity contribution in [3.05, 3.63) is 68.8 Å². The lowest BCUT2D eigenvalue weighted by molar-refractivity contribution is 0.626. The van der Waals surface area contributed by atoms with E-state index in [-0.39, 0.29) is 10.6 Å². The number of rotatable bonds is 2. The molecular formula is C13H11ClFNO. The van der Waals surface area contributed by atoms with Crippen molar-refractivity contribution in [2.75, 3.05) is 0 Å². The van der Waals surface area contributed by atoms with Crippen molar-refractivity contribution < 1.29 is 4.39 Å². The highest BCUT2D eigenvalue weighted by molar-refractivity contribution is 6.30. The predicted octanol–water partition coefficient (Wildman–Crippen LogP) is 3.00. The largest absolute Gasteiger partial charge is 0.311 e. The fourth-order valence-corrected chi connectivity index (χ4v) is 1.82. The number of hydrogen-bond donors (Lipinski definition) is 0. The van der Waals surface area contributed by atoms with Crippen LogP contribution >= 0.6 is 11.6 Å². The summed E-state index contributed by atoms with van der Waals surface area (Å²) in [5, 5.41) is 0.0724. The van der Waals surface area contributed by atoms with E-state index < -0.39 is 5.82 Å². The van der Waals surface area contributed by atoms with Crippen LogP contribution in [0.2, 0.25) is 5.02 Å². The Morgan fingerprint density at radius 2 is 2.12 bits per heavy atom. The van der Waals surface area contributed by atoms with Gasteiger partial charge >= 0.3 is 0 Å². The Morgan fingerprint density at radius 1 is 1.35 bits per heavy atom. The van der Waals surface area contributed by atoms with Crippen LogP contribution in [-0.4, -0.2) is 4.57 Å². The maximum Gasteiger partial charge on any atom is 0.253 e. The van der Waals surface area contributed by atoms with Crippen LogP contribution in [0.15, 0.2) is 41.3 Å². The predicted molar refractivity (Wildman–Crippen MR) is 66.0 cm³/mol. The molecule has 0 aliphatic carbocycles. The molecule has 2 aromatic rings. The van der Waals surface area contributed by atoms with E-state index in [4.69, 9.17) is 11.6 Å². The topological polar surface area (TPSA) is 22.0 Å². The Hall–Kier alpha value is -1.61. The fourth-order valence-electron chi connectivity index (χ4n) is 1.62. The van der Waals surface area contributed by atoms with Gasteiger partial charge in [0.2, 0.25) is 0 Å². The summed E-state index contributed by atoms with van der Waals surface area (Å²) < 4.78 is 14.5. The zero-order valence-corrected chi connectivity index (χ0v) is 10.0. The van der Waals surface area contributed by atoms with Gasteiger partial charge < -0.3 is 4.57 Å². The SMILES string of the molecule is Cc1cccn(Cc2ccc(F)c(Cl)c2)c1=O. The summed E-state index contributed by atoms with van der Waals surface area (Å²) in [4.78, 5) is 11.8. The van der Waals surface area contributed by atoms with Crippen LogP contribution in [0.1, 0.15) is 11.1 Å². The molecule has 0 saturated carbocycles. The van der Waals surface area contributed by atoms with E-state index in [9.17, 15) is 9.18 Å². The average molecular weight is 252 g/mol. The molecule has 0 fully saturated rings. The molecule has 0 aliphatic rings. The van der Waals surface area contributed by atoms with Crippen LogP contribution < -0.4 is 5.56 Å². The lowest BCUT2D eigenvalue weighted by Crippen LogP contribution is -2.21. The summed E-state index contributed by atoms with van der Waals surface area (Å²) in [5.41, 5.74) is 1.43. The third-order valence-corrected chi connectivity index (χ3v) is 2.84. The summed E-state index contributed by atoms with van der Waals surface area (Å²) in [6, 6.07) is 8.03. The van der Waals surface area contributed by atoms with Crippen LogP contribution in [0.25, 0.3) is 0 Å². The molecular weight excluding hydrogens is 241 g/mol. The van der Waals surface area contributed by atoms with Gasteiger partial charge in [0.05, 0.1) is 11.6 Å². The first-order valence-electron chi connectivity index (χ1n) is 5.18. The number of hydrogen-bond acceptors (Lipinski definition) is 1. The zero-order chi connectivity index (χ0) is 12.4. The molecule has 1 aromatic heterocycles. The summed E-state index contributed by atoms with van der Waals surface area (Å²) >= 11 is 5.69. The number of aromatic nitrogens is 1. The zero-order valence-electron chi connectivity index (χ0n) is 9.28. The molecule has 0 bridgehead atoms. The van der Waals surface area contributed by atoms with Crippen LogP contribution in [0.4, 0.5) is 4.39 Å². The van der Waals surface area contributed by atoms with Crippen molar-refractivity contribution in [3.63, 3.8) is 0 Å². The van der Waals surface area contributed by atoms with Crippen molar-refractivity contribution in [3.8, 4) is 0 Å². The lowest BCUT2D eigenvalue weighted by atomic mass is 10.2. The average Bonchev–Trinajstić information content (AvgIpc) is 2.30. The highest BCUT2D eigenvalue weighted by Crippen LogP contribution is 2.16. The van der Waals surface area contributed by atoms with E-state index in [1.807, 2.05) is 6.07 Å². The van der Waals surface area contributed by atoms with E-state index in [1.165, 1.54) is 12.1 Å². The first kappa shape index (κ1) is 11.9. The molecule has 0 aliphatic heterocycles. The first-order valence-corrected chi connectivity index (χ1v) is 5.56. The molecule has 1 aromatic carbocycles. The van der Waals surface area contributed by atoms with E-state index in [1.54, 1.807) is 29.8 Å². The van der Waals surface area contributed by atoms with Gasteiger partial charge in [0.15, 0.2) is 0 Å². The number of halogens is 2. The van der Waals surface area contributed by atoms with Gasteiger partial charge in [-0.05, 0) is 30.7 Å². The van der Waals surface area contributed by atoms with Crippen LogP contribution in [0.3, 0.4) is 0 Å². The third-order valence-electron chi connectivity index (χ3n) is 2.55. The van der Waals surface area contributed by atoms with Crippen molar-refractivity contribution in [2.24, 2.45) is 0 Å². The molecule has 0 spiro atoms. The van der Waals surface area contributed by atoms with E-state index in [2.05, 4.69) is 0 Å². The molecule has 0 atom stereocenters. The Labute approximate surface area is 103 Å². The molecule has 1 heterocycles. The minimum absolute atomic E-state index is 0.0482. The Kier molecular flexibility index (Phi) is 3.29. The summed E-state index contributed by atoms with van der Waals surface area (Å²) in [7, 11) is 0. The van der Waals surface area contributed by atoms with Gasteiger partial charge in [-0.3, -0.25) is 4.79 Å². The number of pyridine rings is 1. The third kappa shape index (κ3) is 2.56. The van der Waals surface area contributed by atoms with Crippen molar-refractivity contribution in [1.29, 1.82) is 0 Å². The van der Waals surface area contributed by atoms with Crippen LogP contribution in [-0.2, 0) is 6.54 Å². The maximum absolute atomic E-state index is 13.0. The van der Waals surface area contributed by atoms with E-state index >= 15 is 0 Å². The summed E-state index contributed by atoms with van der Waals surface area (Å²) in [5.74, 6) is -0.452. The standard InChI is InChI=1S/C13H11ClFNO/c1-9-3-2-6-16(13(9)17)8-10-4-5-12(15)11(14)7-10/h2-7H,8H2,1H3. The van der Waals surface area contributed by atoms with Gasteiger partial charge in [0.25, 0.3) is 5.56 Å². The molecule has 17 heavy (non-hydrogen) atoms. The van der Waals surface area contributed by atoms with Crippen LogP contribution in [0, 0.1) is 12.7 Å². The quantitative estimate of drug-likeness (QED) is 0.804. The van der Waals surface area contributed by atoms with Gasteiger partial charge in [0, 0.05) is 11.8 Å². The van der Waals surface area contributed by atoms with Gasteiger partial charge in [0.1, 0.15) is 5.82 Å². The molecule has 0 N–H and O–H groups in total. The van der Waals surface area contributed by atoms with Crippen molar-refractivity contribution in [2.45, 2.75) is 13.5 Å². The smallest absolute Gasteiger partial charge is 0.253 e. The van der Waals surface area contributed by atoms with Gasteiger partial charge in [-0.25, -0.2) is 4.39 Å². The summed E-state index contributed by atoms with van der Waals surface area (Å²) in [6.45, 7) is 2.15. The number of nitrogens with zero attached hydrogens (tertiary/aromatic N) is 1. The molecule has 0 radical (unpaired) electrons. The Balaban J connectivity index is 2.35. The Bertz CT molecular complexity index is 607. The van der Waals surface area contributed by atoms with Crippen molar-refractivity contribution >= 4 is 11.6 Å². The van der Waals surface area contributed by atoms with Crippen molar-refractivity contribution in [1.82, 2.24) is 4.57 Å². The number of aryl methyl sites for hydroxylation is 1. The lowest BCUT2D eigenvalue weighted by Gasteiger charge is -2.07. The second-order valence-corrected chi connectivity index (χ2v) is 4.28. The Morgan fingerprint density at radius 3 is 2.82 bits per heavy atom. The van der Waals surface area contributed by atoms with Gasteiger partial charge in [-0.2, -0.15) is 0 Å². The molecule has 88 valence electrons. The highest BCUT2D eigenvalue weighted by Gasteiger charge is 2.03. The monoisotopic (exact) mass is 251 g/mol. The van der Waals surface area contributed by atoms with Gasteiger partial charge in [-0.15, -0.1) is 0 Å². The second-order valence-electron chi connectivity index (χ2n) is 3.87. The second kappa shape index (κ2) is 4.72. The fraction of sp³-hybridized carbons (Fsp3) is 0.154. The van der Waals surface area contributed by atoms with Gasteiger partial charge in [-0.1, -0.05) is 23.7 Å². The molecule has 0 amide bonds. The molecule has 2 nitrogen and oxygen atoms in total. The molecule has 0 saturated heterocycles. The minimum Gasteiger partial charge on any atom is -0.311 e.